The van der Waals surface area contributed by atoms with E-state index in [1.54, 1.807) is 18.2 Å². The van der Waals surface area contributed by atoms with Gasteiger partial charge in [0.2, 0.25) is 5.91 Å². The number of amides is 1. The summed E-state index contributed by atoms with van der Waals surface area (Å²) in [5.74, 6) is -1.95. The molecule has 0 fully saturated rings. The van der Waals surface area contributed by atoms with Crippen molar-refractivity contribution in [3.8, 4) is 11.5 Å². The predicted molar refractivity (Wildman–Crippen MR) is 126 cm³/mol. The van der Waals surface area contributed by atoms with E-state index in [1.165, 1.54) is 21.1 Å². The molecule has 4 N–H and O–H groups in total. The molecule has 0 aliphatic carbocycles. The van der Waals surface area contributed by atoms with Gasteiger partial charge >= 0.3 is 11.9 Å². The fraction of sp³-hybridized carbons (Fsp3) is 0.400. The van der Waals surface area contributed by atoms with Crippen LogP contribution < -0.4 is 15.4 Å². The number of aryl methyl sites for hydroxylation is 1. The second kappa shape index (κ2) is 12.6. The van der Waals surface area contributed by atoms with Gasteiger partial charge in [-0.15, -0.1) is 0 Å². The van der Waals surface area contributed by atoms with E-state index in [9.17, 15) is 24.6 Å². The molecule has 2 atom stereocenters. The molecule has 1 amide bonds. The Morgan fingerprint density at radius 1 is 1.06 bits per heavy atom. The minimum Gasteiger partial charge on any atom is -0.504 e. The maximum atomic E-state index is 13.1. The fourth-order valence-corrected chi connectivity index (χ4v) is 3.56. The van der Waals surface area contributed by atoms with Crippen LogP contribution in [0.2, 0.25) is 0 Å². The molecule has 0 aliphatic heterocycles. The molecule has 0 heterocycles. The number of rotatable bonds is 13. The van der Waals surface area contributed by atoms with Crippen LogP contribution in [0.3, 0.4) is 0 Å². The van der Waals surface area contributed by atoms with Crippen LogP contribution in [-0.2, 0) is 32.0 Å². The van der Waals surface area contributed by atoms with Crippen molar-refractivity contribution < 1.29 is 34.1 Å². The number of benzene rings is 2. The lowest BCUT2D eigenvalue weighted by Gasteiger charge is -2.30. The number of phenolic OH excluding ortho intramolecular Hbond substituents is 1. The van der Waals surface area contributed by atoms with Crippen LogP contribution in [0, 0.1) is 0 Å². The SMILES string of the molecule is COC(=O)[C@H](Cc1ccccc1)NC(=O)[C@](C)(CC(=O)O)NCCCc1ccc(O)c(OC)c1. The van der Waals surface area contributed by atoms with Gasteiger partial charge in [0.15, 0.2) is 11.5 Å². The van der Waals surface area contributed by atoms with Gasteiger partial charge in [-0.1, -0.05) is 36.4 Å². The number of carboxylic acid groups (broad SMARTS) is 1. The molecule has 9 nitrogen and oxygen atoms in total. The van der Waals surface area contributed by atoms with Crippen LogP contribution in [0.15, 0.2) is 48.5 Å². The summed E-state index contributed by atoms with van der Waals surface area (Å²) < 4.78 is 9.94. The summed E-state index contributed by atoms with van der Waals surface area (Å²) in [5.41, 5.74) is 0.311. The normalized spacial score (nSPS) is 13.4. The van der Waals surface area contributed by atoms with Crippen molar-refractivity contribution in [2.24, 2.45) is 0 Å². The lowest BCUT2D eigenvalue weighted by atomic mass is 9.94. The van der Waals surface area contributed by atoms with E-state index in [0.29, 0.717) is 25.1 Å². The van der Waals surface area contributed by atoms with E-state index in [2.05, 4.69) is 10.6 Å². The lowest BCUT2D eigenvalue weighted by molar-refractivity contribution is -0.147. The zero-order chi connectivity index (χ0) is 25.1. The predicted octanol–water partition coefficient (Wildman–Crippen LogP) is 2.06. The number of hydrogen-bond acceptors (Lipinski definition) is 7. The van der Waals surface area contributed by atoms with Gasteiger partial charge in [-0.25, -0.2) is 4.79 Å². The topological polar surface area (TPSA) is 134 Å². The number of ether oxygens (including phenoxy) is 2. The number of aliphatic carboxylic acids is 1. The molecule has 0 saturated heterocycles. The summed E-state index contributed by atoms with van der Waals surface area (Å²) in [6, 6.07) is 13.2. The van der Waals surface area contributed by atoms with Crippen molar-refractivity contribution >= 4 is 17.8 Å². The van der Waals surface area contributed by atoms with E-state index in [0.717, 1.165) is 11.1 Å². The van der Waals surface area contributed by atoms with Crippen LogP contribution in [0.5, 0.6) is 11.5 Å². The third-order valence-corrected chi connectivity index (χ3v) is 5.48. The van der Waals surface area contributed by atoms with Crippen molar-refractivity contribution in [2.75, 3.05) is 20.8 Å². The number of aromatic hydroxyl groups is 1. The highest BCUT2D eigenvalue weighted by Gasteiger charge is 2.37. The molecule has 0 aliphatic rings. The number of carbonyl (C=O) groups excluding carboxylic acids is 2. The maximum Gasteiger partial charge on any atom is 0.328 e. The summed E-state index contributed by atoms with van der Waals surface area (Å²) in [5, 5.41) is 24.8. The standard InChI is InChI=1S/C25H32N2O7/c1-25(16-22(29)30,26-13-7-10-18-11-12-20(28)21(15-18)33-2)24(32)27-19(23(31)34-3)14-17-8-5-4-6-9-17/h4-6,8-9,11-12,15,19,26,28H,7,10,13-14,16H2,1-3H3,(H,27,32)(H,29,30)/t19-,25-/m0/s1. The molecule has 2 aromatic rings. The van der Waals surface area contributed by atoms with Crippen LogP contribution in [0.25, 0.3) is 0 Å². The number of hydrogen-bond donors (Lipinski definition) is 4. The van der Waals surface area contributed by atoms with Gasteiger partial charge in [0, 0.05) is 6.42 Å². The van der Waals surface area contributed by atoms with Crippen molar-refractivity contribution in [1.29, 1.82) is 0 Å². The highest BCUT2D eigenvalue weighted by molar-refractivity contribution is 5.93. The Kier molecular flexibility index (Phi) is 9.88. The zero-order valence-electron chi connectivity index (χ0n) is 19.7. The van der Waals surface area contributed by atoms with Crippen LogP contribution in [0.4, 0.5) is 0 Å². The molecule has 34 heavy (non-hydrogen) atoms. The molecule has 0 bridgehead atoms. The van der Waals surface area contributed by atoms with Gasteiger partial charge in [0.05, 0.1) is 20.6 Å². The molecule has 2 aromatic carbocycles. The second-order valence-electron chi connectivity index (χ2n) is 8.18. The Balaban J connectivity index is 2.05. The van der Waals surface area contributed by atoms with Crippen LogP contribution in [0.1, 0.15) is 30.9 Å². The fourth-order valence-electron chi connectivity index (χ4n) is 3.56. The summed E-state index contributed by atoms with van der Waals surface area (Å²) in [4.78, 5) is 36.9. The Hall–Kier alpha value is -3.59. The number of methoxy groups -OCH3 is 2. The molecule has 0 spiro atoms. The first-order chi connectivity index (χ1) is 16.2. The number of phenols is 1. The zero-order valence-corrected chi connectivity index (χ0v) is 19.7. The molecule has 2 rings (SSSR count). The van der Waals surface area contributed by atoms with E-state index >= 15 is 0 Å². The maximum absolute atomic E-state index is 13.1. The molecule has 184 valence electrons. The molecule has 0 aromatic heterocycles. The Labute approximate surface area is 199 Å². The monoisotopic (exact) mass is 472 g/mol. The highest BCUT2D eigenvalue weighted by Crippen LogP contribution is 2.26. The number of nitrogens with one attached hydrogen (secondary N) is 2. The van der Waals surface area contributed by atoms with E-state index < -0.39 is 35.8 Å². The van der Waals surface area contributed by atoms with Gasteiger partial charge in [-0.2, -0.15) is 0 Å². The number of esters is 1. The van der Waals surface area contributed by atoms with Crippen LogP contribution >= 0.6 is 0 Å². The minimum absolute atomic E-state index is 0.0470. The third-order valence-electron chi connectivity index (χ3n) is 5.48. The molecule has 0 radical (unpaired) electrons. The molecule has 0 unspecified atom stereocenters. The second-order valence-corrected chi connectivity index (χ2v) is 8.18. The Bertz CT molecular complexity index is 980. The summed E-state index contributed by atoms with van der Waals surface area (Å²) in [6.07, 6.45) is 0.963. The van der Waals surface area contributed by atoms with Gasteiger partial charge in [-0.05, 0) is 49.6 Å². The Morgan fingerprint density at radius 2 is 1.76 bits per heavy atom. The first-order valence-corrected chi connectivity index (χ1v) is 10.9. The summed E-state index contributed by atoms with van der Waals surface area (Å²) in [6.45, 7) is 1.85. The van der Waals surface area contributed by atoms with Crippen molar-refractivity contribution in [2.45, 2.75) is 44.2 Å². The van der Waals surface area contributed by atoms with E-state index in [4.69, 9.17) is 9.47 Å². The van der Waals surface area contributed by atoms with Crippen molar-refractivity contribution in [3.05, 3.63) is 59.7 Å². The average molecular weight is 473 g/mol. The minimum atomic E-state index is -1.44. The number of carboxylic acids is 1. The lowest BCUT2D eigenvalue weighted by Crippen LogP contribution is -2.59. The summed E-state index contributed by atoms with van der Waals surface area (Å²) >= 11 is 0. The van der Waals surface area contributed by atoms with Gasteiger partial charge in [-0.3, -0.25) is 9.59 Å². The van der Waals surface area contributed by atoms with Gasteiger partial charge in [0.1, 0.15) is 11.6 Å². The van der Waals surface area contributed by atoms with Crippen molar-refractivity contribution in [1.82, 2.24) is 10.6 Å². The first-order valence-electron chi connectivity index (χ1n) is 10.9. The first kappa shape index (κ1) is 26.7. The van der Waals surface area contributed by atoms with Gasteiger partial charge < -0.3 is 30.3 Å². The Morgan fingerprint density at radius 3 is 2.38 bits per heavy atom. The molecule has 0 saturated carbocycles. The largest absolute Gasteiger partial charge is 0.504 e. The smallest absolute Gasteiger partial charge is 0.328 e. The highest BCUT2D eigenvalue weighted by atomic mass is 16.5. The number of carbonyl (C=O) groups is 3. The van der Waals surface area contributed by atoms with E-state index in [1.807, 2.05) is 30.3 Å². The van der Waals surface area contributed by atoms with Gasteiger partial charge in [0.25, 0.3) is 0 Å². The average Bonchev–Trinajstić information content (AvgIpc) is 2.82. The summed E-state index contributed by atoms with van der Waals surface area (Å²) in [7, 11) is 2.70. The third kappa shape index (κ3) is 7.77. The van der Waals surface area contributed by atoms with E-state index in [-0.39, 0.29) is 12.2 Å². The quantitative estimate of drug-likeness (QED) is 0.257. The molecule has 9 heteroatoms. The van der Waals surface area contributed by atoms with Crippen molar-refractivity contribution in [3.63, 3.8) is 0 Å². The van der Waals surface area contributed by atoms with Crippen LogP contribution in [-0.4, -0.2) is 60.4 Å². The molecular formula is C25H32N2O7. The molecular weight excluding hydrogens is 440 g/mol.